The fraction of sp³-hybridized carbons (Fsp3) is 0.692. The predicted octanol–water partition coefficient (Wildman–Crippen LogP) is 0.659. The summed E-state index contributed by atoms with van der Waals surface area (Å²) in [4.78, 5) is 19.7. The molecule has 1 aliphatic carbocycles. The lowest BCUT2D eigenvalue weighted by Crippen LogP contribution is -2.27. The first kappa shape index (κ1) is 14.9. The molecule has 1 aliphatic heterocycles. The van der Waals surface area contributed by atoms with Crippen molar-refractivity contribution >= 4 is 27.3 Å². The van der Waals surface area contributed by atoms with E-state index < -0.39 is 10.0 Å². The van der Waals surface area contributed by atoms with Crippen LogP contribution in [0.5, 0.6) is 0 Å². The van der Waals surface area contributed by atoms with E-state index in [0.29, 0.717) is 13.1 Å². The van der Waals surface area contributed by atoms with E-state index in [1.165, 1.54) is 23.4 Å². The van der Waals surface area contributed by atoms with Crippen LogP contribution in [0.25, 0.3) is 0 Å². The van der Waals surface area contributed by atoms with E-state index in [4.69, 9.17) is 5.14 Å². The van der Waals surface area contributed by atoms with Gasteiger partial charge < -0.3 is 4.90 Å². The molecule has 0 aromatic carbocycles. The number of sulfonamides is 1. The van der Waals surface area contributed by atoms with Crippen LogP contribution in [-0.2, 0) is 34.2 Å². The van der Waals surface area contributed by atoms with Gasteiger partial charge in [0.2, 0.25) is 15.9 Å². The normalized spacial score (nSPS) is 22.6. The minimum Gasteiger partial charge on any atom is -0.336 e. The van der Waals surface area contributed by atoms with E-state index in [1.54, 1.807) is 16.2 Å². The molecule has 2 aliphatic rings. The lowest BCUT2D eigenvalue weighted by Gasteiger charge is -2.14. The van der Waals surface area contributed by atoms with Gasteiger partial charge in [0.05, 0.1) is 18.0 Å². The van der Waals surface area contributed by atoms with Gasteiger partial charge in [0.1, 0.15) is 5.01 Å². The van der Waals surface area contributed by atoms with Gasteiger partial charge in [-0.15, -0.1) is 11.3 Å². The molecule has 2 N–H and O–H groups in total. The van der Waals surface area contributed by atoms with Gasteiger partial charge in [0.15, 0.2) is 0 Å². The lowest BCUT2D eigenvalue weighted by molar-refractivity contribution is -0.128. The fourth-order valence-corrected chi connectivity index (χ4v) is 5.14. The van der Waals surface area contributed by atoms with Crippen molar-refractivity contribution in [2.45, 2.75) is 38.6 Å². The summed E-state index contributed by atoms with van der Waals surface area (Å²) in [7, 11) is -3.52. The quantitative estimate of drug-likeness (QED) is 0.878. The molecule has 1 amide bonds. The lowest BCUT2D eigenvalue weighted by atomic mass is 10.0. The maximum absolute atomic E-state index is 12.0. The van der Waals surface area contributed by atoms with Crippen molar-refractivity contribution in [2.24, 2.45) is 11.1 Å². The van der Waals surface area contributed by atoms with Gasteiger partial charge in [-0.2, -0.15) is 0 Å². The van der Waals surface area contributed by atoms with Gasteiger partial charge in [-0.1, -0.05) is 0 Å². The number of amides is 1. The van der Waals surface area contributed by atoms with Gasteiger partial charge in [-0.05, 0) is 25.7 Å². The van der Waals surface area contributed by atoms with E-state index in [9.17, 15) is 13.2 Å². The maximum atomic E-state index is 12.0. The molecule has 1 fully saturated rings. The van der Waals surface area contributed by atoms with Crippen molar-refractivity contribution in [3.63, 3.8) is 0 Å². The number of primary sulfonamides is 1. The van der Waals surface area contributed by atoms with Crippen LogP contribution in [0, 0.1) is 5.92 Å². The first-order valence-corrected chi connectivity index (χ1v) is 9.69. The summed E-state index contributed by atoms with van der Waals surface area (Å²) in [5.41, 5.74) is 1.19. The molecule has 2 heterocycles. The van der Waals surface area contributed by atoms with Crippen LogP contribution < -0.4 is 5.14 Å². The molecule has 3 rings (SSSR count). The number of likely N-dealkylation sites (tertiary alicyclic amines) is 1. The average Bonchev–Trinajstić information content (AvgIpc) is 2.91. The minimum absolute atomic E-state index is 0.00294. The van der Waals surface area contributed by atoms with Gasteiger partial charge in [0, 0.05) is 23.8 Å². The van der Waals surface area contributed by atoms with Crippen molar-refractivity contribution in [3.8, 4) is 0 Å². The molecule has 0 saturated carbocycles. The van der Waals surface area contributed by atoms with Crippen molar-refractivity contribution < 1.29 is 13.2 Å². The molecule has 116 valence electrons. The second-order valence-electron chi connectivity index (χ2n) is 5.86. The number of nitrogens with two attached hydrogens (primary N) is 1. The van der Waals surface area contributed by atoms with Gasteiger partial charge in [-0.3, -0.25) is 4.79 Å². The van der Waals surface area contributed by atoms with E-state index in [0.717, 1.165) is 17.8 Å². The Balaban J connectivity index is 1.65. The van der Waals surface area contributed by atoms with Crippen molar-refractivity contribution in [2.75, 3.05) is 12.3 Å². The molecule has 1 atom stereocenters. The molecule has 1 aromatic heterocycles. The van der Waals surface area contributed by atoms with Crippen LogP contribution in [0.1, 0.15) is 34.8 Å². The molecule has 1 saturated heterocycles. The predicted molar refractivity (Wildman–Crippen MR) is 80.3 cm³/mol. The van der Waals surface area contributed by atoms with Crippen LogP contribution in [-0.4, -0.2) is 36.5 Å². The third-order valence-corrected chi connectivity index (χ3v) is 6.06. The summed E-state index contributed by atoms with van der Waals surface area (Å²) in [6.07, 6.45) is 4.80. The van der Waals surface area contributed by atoms with Crippen LogP contribution >= 0.6 is 11.3 Å². The zero-order chi connectivity index (χ0) is 15.0. The highest BCUT2D eigenvalue weighted by molar-refractivity contribution is 7.89. The Labute approximate surface area is 128 Å². The van der Waals surface area contributed by atoms with Crippen molar-refractivity contribution in [1.82, 2.24) is 9.88 Å². The van der Waals surface area contributed by atoms with Gasteiger partial charge in [0.25, 0.3) is 0 Å². The molecule has 1 aromatic rings. The molecule has 8 heteroatoms. The van der Waals surface area contributed by atoms with Crippen LogP contribution in [0.15, 0.2) is 0 Å². The smallest absolute Gasteiger partial charge is 0.223 e. The van der Waals surface area contributed by atoms with E-state index >= 15 is 0 Å². The summed E-state index contributed by atoms with van der Waals surface area (Å²) in [6, 6.07) is 0. The molecule has 0 spiro atoms. The minimum atomic E-state index is -3.52. The number of thiazole rings is 1. The number of aromatic nitrogens is 1. The Morgan fingerprint density at radius 3 is 2.81 bits per heavy atom. The largest absolute Gasteiger partial charge is 0.336 e. The third kappa shape index (κ3) is 3.61. The molecular formula is C13H19N3O3S2. The number of fused-ring (bicyclic) bond motifs is 1. The Morgan fingerprint density at radius 1 is 1.33 bits per heavy atom. The number of nitrogens with zero attached hydrogens (tertiary/aromatic N) is 2. The number of carbonyl (C=O) groups excluding carboxylic acids is 1. The van der Waals surface area contributed by atoms with Crippen LogP contribution in [0.3, 0.4) is 0 Å². The first-order chi connectivity index (χ1) is 9.90. The number of rotatable bonds is 4. The molecule has 6 nitrogen and oxygen atoms in total. The van der Waals surface area contributed by atoms with E-state index in [1.807, 2.05) is 0 Å². The van der Waals surface area contributed by atoms with Crippen molar-refractivity contribution in [1.29, 1.82) is 0 Å². The standard InChI is InChI=1S/C13H19N3O3S2/c14-21(18,19)8-9-5-13(17)16(6-9)7-12-15-10-3-1-2-4-11(10)20-12/h9H,1-8H2,(H2,14,18,19). The topological polar surface area (TPSA) is 93.4 Å². The number of hydrogen-bond acceptors (Lipinski definition) is 5. The molecule has 1 unspecified atom stereocenters. The monoisotopic (exact) mass is 329 g/mol. The Bertz CT molecular complexity index is 630. The van der Waals surface area contributed by atoms with Crippen LogP contribution in [0.2, 0.25) is 0 Å². The maximum Gasteiger partial charge on any atom is 0.223 e. The summed E-state index contributed by atoms with van der Waals surface area (Å²) >= 11 is 1.69. The SMILES string of the molecule is NS(=O)(=O)CC1CC(=O)N(Cc2nc3c(s2)CCCC3)C1. The number of carbonyl (C=O) groups is 1. The van der Waals surface area contributed by atoms with E-state index in [-0.39, 0.29) is 24.0 Å². The highest BCUT2D eigenvalue weighted by atomic mass is 32.2. The van der Waals surface area contributed by atoms with Crippen molar-refractivity contribution in [3.05, 3.63) is 15.6 Å². The molecule has 21 heavy (non-hydrogen) atoms. The van der Waals surface area contributed by atoms with E-state index in [2.05, 4.69) is 4.98 Å². The second-order valence-corrected chi connectivity index (χ2v) is 8.69. The summed E-state index contributed by atoms with van der Waals surface area (Å²) in [5.74, 6) is -0.317. The summed E-state index contributed by atoms with van der Waals surface area (Å²) < 4.78 is 22.3. The number of hydrogen-bond donors (Lipinski definition) is 1. The Morgan fingerprint density at radius 2 is 2.10 bits per heavy atom. The third-order valence-electron chi connectivity index (χ3n) is 3.98. The Hall–Kier alpha value is -0.990. The molecule has 0 radical (unpaired) electrons. The molecular weight excluding hydrogens is 310 g/mol. The fourth-order valence-electron chi connectivity index (χ4n) is 3.08. The van der Waals surface area contributed by atoms with Crippen LogP contribution in [0.4, 0.5) is 0 Å². The zero-order valence-corrected chi connectivity index (χ0v) is 13.4. The first-order valence-electron chi connectivity index (χ1n) is 7.16. The Kier molecular flexibility index (Phi) is 4.02. The second kappa shape index (κ2) is 5.66. The highest BCUT2D eigenvalue weighted by Gasteiger charge is 2.32. The van der Waals surface area contributed by atoms with Gasteiger partial charge >= 0.3 is 0 Å². The highest BCUT2D eigenvalue weighted by Crippen LogP contribution is 2.29. The zero-order valence-electron chi connectivity index (χ0n) is 11.7. The average molecular weight is 329 g/mol. The van der Waals surface area contributed by atoms with Gasteiger partial charge in [-0.25, -0.2) is 18.5 Å². The summed E-state index contributed by atoms with van der Waals surface area (Å²) in [6.45, 7) is 0.955. The molecule has 0 bridgehead atoms. The number of aryl methyl sites for hydroxylation is 2. The summed E-state index contributed by atoms with van der Waals surface area (Å²) in [5, 5.41) is 6.02.